The van der Waals surface area contributed by atoms with Gasteiger partial charge in [-0.3, -0.25) is 4.79 Å². The zero-order chi connectivity index (χ0) is 14.7. The fourth-order valence-electron chi connectivity index (χ4n) is 2.47. The summed E-state index contributed by atoms with van der Waals surface area (Å²) < 4.78 is 7.02. The molecule has 1 saturated heterocycles. The second-order valence-corrected chi connectivity index (χ2v) is 4.98. The van der Waals surface area contributed by atoms with Crippen LogP contribution in [0.3, 0.4) is 0 Å². The Hall–Kier alpha value is -2.62. The van der Waals surface area contributed by atoms with Crippen LogP contribution in [0.4, 0.5) is 0 Å². The van der Waals surface area contributed by atoms with Crippen LogP contribution in [0.5, 0.6) is 5.75 Å². The molecule has 0 saturated carbocycles. The van der Waals surface area contributed by atoms with Crippen LogP contribution in [0.15, 0.2) is 54.6 Å². The van der Waals surface area contributed by atoms with Crippen molar-refractivity contribution in [2.45, 2.75) is 12.5 Å². The van der Waals surface area contributed by atoms with Crippen LogP contribution in [-0.2, 0) is 4.79 Å². The highest BCUT2D eigenvalue weighted by molar-refractivity contribution is 5.80. The average Bonchev–Trinajstić information content (AvgIpc) is 2.89. The van der Waals surface area contributed by atoms with Crippen molar-refractivity contribution in [2.75, 3.05) is 7.11 Å². The van der Waals surface area contributed by atoms with Crippen molar-refractivity contribution in [3.63, 3.8) is 0 Å². The van der Waals surface area contributed by atoms with Crippen molar-refractivity contribution in [1.82, 2.24) is 5.43 Å². The van der Waals surface area contributed by atoms with Gasteiger partial charge in [0.25, 0.3) is 5.91 Å². The van der Waals surface area contributed by atoms with Crippen molar-refractivity contribution >= 4 is 12.1 Å². The zero-order valence-electron chi connectivity index (χ0n) is 11.8. The predicted molar refractivity (Wildman–Crippen MR) is 80.4 cm³/mol. The lowest BCUT2D eigenvalue weighted by Gasteiger charge is -2.05. The van der Waals surface area contributed by atoms with Gasteiger partial charge < -0.3 is 4.74 Å². The summed E-state index contributed by atoms with van der Waals surface area (Å²) in [6.45, 7) is 0. The van der Waals surface area contributed by atoms with Gasteiger partial charge >= 0.3 is 0 Å². The van der Waals surface area contributed by atoms with E-state index in [0.29, 0.717) is 6.42 Å². The summed E-state index contributed by atoms with van der Waals surface area (Å²) in [6, 6.07) is 17.8. The van der Waals surface area contributed by atoms with Crippen molar-refractivity contribution < 1.29 is 14.2 Å². The molecule has 1 aliphatic rings. The molecule has 0 aliphatic carbocycles. The molecule has 1 fully saturated rings. The lowest BCUT2D eigenvalue weighted by Crippen LogP contribution is -2.26. The zero-order valence-corrected chi connectivity index (χ0v) is 11.8. The Morgan fingerprint density at radius 3 is 2.52 bits per heavy atom. The monoisotopic (exact) mass is 281 g/mol. The van der Waals surface area contributed by atoms with E-state index in [4.69, 9.17) is 4.74 Å². The molecule has 0 bridgehead atoms. The molecule has 1 amide bonds. The third-order valence-corrected chi connectivity index (χ3v) is 3.56. The van der Waals surface area contributed by atoms with Gasteiger partial charge in [-0.1, -0.05) is 30.3 Å². The normalized spacial score (nSPS) is 19.6. The Balaban J connectivity index is 1.91. The van der Waals surface area contributed by atoms with Gasteiger partial charge in [0.15, 0.2) is 0 Å². The molecule has 21 heavy (non-hydrogen) atoms. The quantitative estimate of drug-likeness (QED) is 0.877. The number of methoxy groups -OCH3 is 1. The number of hydrogen-bond acceptors (Lipinski definition) is 2. The predicted octanol–water partition coefficient (Wildman–Crippen LogP) is 2.30. The highest BCUT2D eigenvalue weighted by atomic mass is 16.5. The molecule has 106 valence electrons. The molecule has 1 N–H and O–H groups in total. The van der Waals surface area contributed by atoms with E-state index in [-0.39, 0.29) is 11.9 Å². The maximum atomic E-state index is 11.7. The van der Waals surface area contributed by atoms with Gasteiger partial charge in [0, 0.05) is 11.1 Å². The number of amides is 1. The largest absolute Gasteiger partial charge is 0.497 e. The molecule has 3 rings (SSSR count). The number of nitrogens with zero attached hydrogens (tertiary/aromatic N) is 1. The summed E-state index contributed by atoms with van der Waals surface area (Å²) in [6.07, 6.45) is 2.42. The van der Waals surface area contributed by atoms with Crippen LogP contribution in [-0.4, -0.2) is 23.9 Å². The van der Waals surface area contributed by atoms with Gasteiger partial charge in [0.2, 0.25) is 12.3 Å². The minimum atomic E-state index is 0.0285. The minimum absolute atomic E-state index is 0.0285. The van der Waals surface area contributed by atoms with Gasteiger partial charge in [-0.25, -0.2) is 0 Å². The van der Waals surface area contributed by atoms with Crippen LogP contribution in [0.25, 0.3) is 0 Å². The Morgan fingerprint density at radius 2 is 1.86 bits per heavy atom. The summed E-state index contributed by atoms with van der Waals surface area (Å²) in [5.74, 6) is 0.853. The van der Waals surface area contributed by atoms with Gasteiger partial charge in [0.05, 0.1) is 7.11 Å². The lowest BCUT2D eigenvalue weighted by molar-refractivity contribution is -0.594. The van der Waals surface area contributed by atoms with Crippen LogP contribution in [0, 0.1) is 0 Å². The van der Waals surface area contributed by atoms with E-state index in [2.05, 4.69) is 5.43 Å². The standard InChI is InChI=1S/C17H16N2O2/c1-21-15-9-7-13(8-10-15)12-19-16(11-17(20)18-19)14-5-3-2-4-6-14/h2-10,12,16H,11H2,1H3/p+1/b19-12-. The number of hydrazine groups is 1. The highest BCUT2D eigenvalue weighted by Crippen LogP contribution is 2.24. The molecule has 1 atom stereocenters. The number of hydrazone groups is 1. The first-order chi connectivity index (χ1) is 10.3. The Labute approximate surface area is 123 Å². The first-order valence-corrected chi connectivity index (χ1v) is 6.88. The minimum Gasteiger partial charge on any atom is -0.497 e. The van der Waals surface area contributed by atoms with E-state index < -0.39 is 0 Å². The molecule has 0 radical (unpaired) electrons. The first kappa shape index (κ1) is 13.4. The van der Waals surface area contributed by atoms with Crippen LogP contribution in [0.2, 0.25) is 0 Å². The molecule has 2 aromatic carbocycles. The molecule has 0 aromatic heterocycles. The average molecular weight is 281 g/mol. The number of hydrogen-bond donors (Lipinski definition) is 1. The van der Waals surface area contributed by atoms with Crippen LogP contribution in [0.1, 0.15) is 23.6 Å². The number of ether oxygens (including phenoxy) is 1. The SMILES string of the molecule is COc1ccc(/C=[N+]2\NC(=O)CC2c2ccccc2)cc1. The third kappa shape index (κ3) is 2.94. The third-order valence-electron chi connectivity index (χ3n) is 3.56. The Bertz CT molecular complexity index is 663. The number of rotatable bonds is 3. The fraction of sp³-hybridized carbons (Fsp3) is 0.176. The van der Waals surface area contributed by atoms with Crippen LogP contribution < -0.4 is 10.2 Å². The Morgan fingerprint density at radius 1 is 1.14 bits per heavy atom. The molecule has 0 spiro atoms. The van der Waals surface area contributed by atoms with E-state index in [1.54, 1.807) is 7.11 Å². The molecule has 4 nitrogen and oxygen atoms in total. The maximum Gasteiger partial charge on any atom is 0.281 e. The van der Waals surface area contributed by atoms with Gasteiger partial charge in [-0.2, -0.15) is 0 Å². The number of nitrogens with one attached hydrogen (secondary N) is 1. The molecule has 1 unspecified atom stereocenters. The second kappa shape index (κ2) is 5.79. The van der Waals surface area contributed by atoms with E-state index in [0.717, 1.165) is 16.9 Å². The molecule has 4 heteroatoms. The summed E-state index contributed by atoms with van der Waals surface area (Å²) in [5.41, 5.74) is 5.03. The van der Waals surface area contributed by atoms with E-state index in [1.165, 1.54) is 0 Å². The molecule has 1 aliphatic heterocycles. The maximum absolute atomic E-state index is 11.7. The summed E-state index contributed by atoms with van der Waals surface area (Å²) in [4.78, 5) is 11.7. The Kier molecular flexibility index (Phi) is 3.69. The molecular formula is C17H17N2O2+. The summed E-state index contributed by atoms with van der Waals surface area (Å²) in [5, 5.41) is 0. The second-order valence-electron chi connectivity index (χ2n) is 4.98. The number of carbonyl (C=O) groups excluding carboxylic acids is 1. The van der Waals surface area contributed by atoms with Crippen molar-refractivity contribution in [3.05, 3.63) is 65.7 Å². The van der Waals surface area contributed by atoms with Crippen molar-refractivity contribution in [1.29, 1.82) is 0 Å². The first-order valence-electron chi connectivity index (χ1n) is 6.88. The van der Waals surface area contributed by atoms with E-state index in [1.807, 2.05) is 65.5 Å². The molecular weight excluding hydrogens is 264 g/mol. The van der Waals surface area contributed by atoms with Crippen molar-refractivity contribution in [3.8, 4) is 5.75 Å². The van der Waals surface area contributed by atoms with Gasteiger partial charge in [-0.05, 0) is 24.3 Å². The lowest BCUT2D eigenvalue weighted by atomic mass is 10.1. The van der Waals surface area contributed by atoms with Gasteiger partial charge in [-0.15, -0.1) is 10.1 Å². The topological polar surface area (TPSA) is 41.3 Å². The fourth-order valence-corrected chi connectivity index (χ4v) is 2.47. The van der Waals surface area contributed by atoms with Crippen molar-refractivity contribution in [2.24, 2.45) is 0 Å². The summed E-state index contributed by atoms with van der Waals surface area (Å²) in [7, 11) is 1.64. The van der Waals surface area contributed by atoms with E-state index in [9.17, 15) is 4.79 Å². The number of benzene rings is 2. The highest BCUT2D eigenvalue weighted by Gasteiger charge is 2.35. The van der Waals surface area contributed by atoms with Crippen LogP contribution >= 0.6 is 0 Å². The van der Waals surface area contributed by atoms with Gasteiger partial charge in [0.1, 0.15) is 12.2 Å². The number of carbonyl (C=O) groups is 1. The molecule has 1 heterocycles. The molecule has 2 aromatic rings. The summed E-state index contributed by atoms with van der Waals surface area (Å²) >= 11 is 0. The smallest absolute Gasteiger partial charge is 0.281 e. The van der Waals surface area contributed by atoms with E-state index >= 15 is 0 Å².